The summed E-state index contributed by atoms with van der Waals surface area (Å²) in [7, 11) is 0. The Hall–Kier alpha value is -0.700. The number of aromatic nitrogens is 1. The lowest BCUT2D eigenvalue weighted by atomic mass is 10.2. The van der Waals surface area contributed by atoms with Gasteiger partial charge in [-0.05, 0) is 13.3 Å². The van der Waals surface area contributed by atoms with Crippen molar-refractivity contribution in [2.45, 2.75) is 39.5 Å². The van der Waals surface area contributed by atoms with Crippen LogP contribution in [0.25, 0.3) is 0 Å². The van der Waals surface area contributed by atoms with Gasteiger partial charge in [0.25, 0.3) is 0 Å². The number of carbonyl (C=O) groups excluding carboxylic acids is 1. The minimum absolute atomic E-state index is 0.243. The number of rotatable bonds is 5. The summed E-state index contributed by atoms with van der Waals surface area (Å²) in [6, 6.07) is 0. The number of aryl methyl sites for hydroxylation is 2. The summed E-state index contributed by atoms with van der Waals surface area (Å²) < 4.78 is 0. The van der Waals surface area contributed by atoms with E-state index in [0.717, 1.165) is 24.3 Å². The Labute approximate surface area is 83.0 Å². The van der Waals surface area contributed by atoms with Gasteiger partial charge in [-0.25, -0.2) is 4.98 Å². The summed E-state index contributed by atoms with van der Waals surface area (Å²) in [5, 5.41) is 3.19. The van der Waals surface area contributed by atoms with Gasteiger partial charge in [-0.1, -0.05) is 13.3 Å². The van der Waals surface area contributed by atoms with Crippen molar-refractivity contribution in [2.75, 3.05) is 0 Å². The van der Waals surface area contributed by atoms with Crippen molar-refractivity contribution in [1.29, 1.82) is 0 Å². The van der Waals surface area contributed by atoms with E-state index in [2.05, 4.69) is 17.3 Å². The van der Waals surface area contributed by atoms with Gasteiger partial charge in [0.15, 0.2) is 0 Å². The van der Waals surface area contributed by atoms with Gasteiger partial charge in [0.05, 0.1) is 10.7 Å². The Balaban J connectivity index is 2.44. The van der Waals surface area contributed by atoms with E-state index in [4.69, 9.17) is 0 Å². The molecule has 0 bridgehead atoms. The highest BCUT2D eigenvalue weighted by atomic mass is 32.1. The smallest absolute Gasteiger partial charge is 0.130 e. The van der Waals surface area contributed by atoms with Gasteiger partial charge >= 0.3 is 0 Å². The molecule has 0 N–H and O–H groups in total. The lowest BCUT2D eigenvalue weighted by molar-refractivity contribution is -0.116. The summed E-state index contributed by atoms with van der Waals surface area (Å²) in [5.41, 5.74) is 1.17. The minimum Gasteiger partial charge on any atom is -0.300 e. The van der Waals surface area contributed by atoms with Gasteiger partial charge in [0.1, 0.15) is 5.78 Å². The zero-order chi connectivity index (χ0) is 9.68. The highest BCUT2D eigenvalue weighted by Crippen LogP contribution is 2.13. The Kier molecular flexibility index (Phi) is 4.09. The fraction of sp³-hybridized carbons (Fsp3) is 0.600. The van der Waals surface area contributed by atoms with Crippen LogP contribution in [0, 0.1) is 0 Å². The van der Waals surface area contributed by atoms with Crippen LogP contribution in [0.4, 0.5) is 0 Å². The molecule has 1 aromatic heterocycles. The molecular formula is C10H15NOS. The van der Waals surface area contributed by atoms with Crippen LogP contribution in [0.5, 0.6) is 0 Å². The molecule has 0 unspecified atom stereocenters. The van der Waals surface area contributed by atoms with Crippen molar-refractivity contribution in [3.05, 3.63) is 16.1 Å². The van der Waals surface area contributed by atoms with Crippen LogP contribution < -0.4 is 0 Å². The largest absolute Gasteiger partial charge is 0.300 e. The summed E-state index contributed by atoms with van der Waals surface area (Å²) in [4.78, 5) is 15.2. The van der Waals surface area contributed by atoms with E-state index >= 15 is 0 Å². The zero-order valence-electron chi connectivity index (χ0n) is 8.17. The fourth-order valence-electron chi connectivity index (χ4n) is 1.12. The van der Waals surface area contributed by atoms with Gasteiger partial charge in [-0.15, -0.1) is 11.3 Å². The summed E-state index contributed by atoms with van der Waals surface area (Å²) >= 11 is 1.67. The van der Waals surface area contributed by atoms with Gasteiger partial charge in [0.2, 0.25) is 0 Å². The minimum atomic E-state index is 0.243. The summed E-state index contributed by atoms with van der Waals surface area (Å²) in [6.45, 7) is 3.77. The Morgan fingerprint density at radius 1 is 1.54 bits per heavy atom. The maximum Gasteiger partial charge on any atom is 0.130 e. The maximum atomic E-state index is 10.7. The van der Waals surface area contributed by atoms with E-state index in [-0.39, 0.29) is 5.78 Å². The predicted molar refractivity (Wildman–Crippen MR) is 55.1 cm³/mol. The van der Waals surface area contributed by atoms with E-state index in [9.17, 15) is 4.79 Å². The fourth-order valence-corrected chi connectivity index (χ4v) is 1.95. The first-order valence-corrected chi connectivity index (χ1v) is 5.53. The second-order valence-electron chi connectivity index (χ2n) is 3.18. The van der Waals surface area contributed by atoms with Crippen LogP contribution in [0.15, 0.2) is 5.38 Å². The third-order valence-corrected chi connectivity index (χ3v) is 2.75. The number of nitrogens with zero attached hydrogens (tertiary/aromatic N) is 1. The molecule has 0 aliphatic rings. The van der Waals surface area contributed by atoms with E-state index in [0.29, 0.717) is 6.42 Å². The average molecular weight is 197 g/mol. The van der Waals surface area contributed by atoms with Crippen LogP contribution in [0.1, 0.15) is 37.4 Å². The second kappa shape index (κ2) is 5.12. The quantitative estimate of drug-likeness (QED) is 0.726. The van der Waals surface area contributed by atoms with Crippen molar-refractivity contribution in [3.8, 4) is 0 Å². The lowest BCUT2D eigenvalue weighted by Gasteiger charge is -1.91. The number of hydrogen-bond donors (Lipinski definition) is 0. The zero-order valence-corrected chi connectivity index (χ0v) is 8.99. The Bertz CT molecular complexity index is 280. The monoisotopic (exact) mass is 197 g/mol. The molecule has 1 rings (SSSR count). The molecule has 0 saturated heterocycles. The molecule has 13 heavy (non-hydrogen) atoms. The standard InChI is InChI=1S/C10H15NOS/c1-3-4-9-7-13-10(11-9)6-5-8(2)12/h7H,3-6H2,1-2H3. The van der Waals surface area contributed by atoms with Crippen LogP contribution in [0.3, 0.4) is 0 Å². The van der Waals surface area contributed by atoms with Crippen LogP contribution in [-0.2, 0) is 17.6 Å². The normalized spacial score (nSPS) is 10.3. The van der Waals surface area contributed by atoms with Gasteiger partial charge in [-0.2, -0.15) is 0 Å². The average Bonchev–Trinajstić information content (AvgIpc) is 2.50. The maximum absolute atomic E-state index is 10.7. The summed E-state index contributed by atoms with van der Waals surface area (Å²) in [6.07, 6.45) is 3.62. The Morgan fingerprint density at radius 2 is 2.31 bits per heavy atom. The van der Waals surface area contributed by atoms with Crippen molar-refractivity contribution >= 4 is 17.1 Å². The van der Waals surface area contributed by atoms with Crippen LogP contribution in [-0.4, -0.2) is 10.8 Å². The highest BCUT2D eigenvalue weighted by Gasteiger charge is 2.02. The molecule has 0 aliphatic carbocycles. The highest BCUT2D eigenvalue weighted by molar-refractivity contribution is 7.09. The van der Waals surface area contributed by atoms with Crippen molar-refractivity contribution < 1.29 is 4.79 Å². The van der Waals surface area contributed by atoms with Crippen LogP contribution >= 0.6 is 11.3 Å². The first-order valence-electron chi connectivity index (χ1n) is 4.65. The lowest BCUT2D eigenvalue weighted by Crippen LogP contribution is -1.93. The first kappa shape index (κ1) is 10.4. The molecular weight excluding hydrogens is 182 g/mol. The van der Waals surface area contributed by atoms with Crippen molar-refractivity contribution in [2.24, 2.45) is 0 Å². The number of ketones is 1. The molecule has 0 saturated carbocycles. The van der Waals surface area contributed by atoms with Gasteiger partial charge in [0, 0.05) is 18.2 Å². The number of thiazole rings is 1. The number of hydrogen-bond acceptors (Lipinski definition) is 3. The number of carbonyl (C=O) groups is 1. The molecule has 2 nitrogen and oxygen atoms in total. The molecule has 3 heteroatoms. The van der Waals surface area contributed by atoms with Gasteiger partial charge < -0.3 is 4.79 Å². The predicted octanol–water partition coefficient (Wildman–Crippen LogP) is 2.62. The molecule has 72 valence electrons. The third-order valence-electron chi connectivity index (χ3n) is 1.80. The molecule has 1 aromatic rings. The van der Waals surface area contributed by atoms with E-state index in [1.165, 1.54) is 5.69 Å². The van der Waals surface area contributed by atoms with E-state index in [1.807, 2.05) is 0 Å². The van der Waals surface area contributed by atoms with Crippen LogP contribution in [0.2, 0.25) is 0 Å². The molecule has 0 aromatic carbocycles. The van der Waals surface area contributed by atoms with Gasteiger partial charge in [-0.3, -0.25) is 0 Å². The topological polar surface area (TPSA) is 30.0 Å². The van der Waals surface area contributed by atoms with E-state index in [1.54, 1.807) is 18.3 Å². The number of Topliss-reactive ketones (excluding diaryl/α,β-unsaturated/α-hetero) is 1. The Morgan fingerprint density at radius 3 is 2.92 bits per heavy atom. The third kappa shape index (κ3) is 3.68. The second-order valence-corrected chi connectivity index (χ2v) is 4.13. The first-order chi connectivity index (χ1) is 6.22. The molecule has 0 amide bonds. The molecule has 0 aliphatic heterocycles. The molecule has 0 atom stereocenters. The van der Waals surface area contributed by atoms with Crippen molar-refractivity contribution in [1.82, 2.24) is 4.98 Å². The molecule has 0 radical (unpaired) electrons. The summed E-state index contributed by atoms with van der Waals surface area (Å²) in [5.74, 6) is 0.243. The van der Waals surface area contributed by atoms with E-state index < -0.39 is 0 Å². The molecule has 1 heterocycles. The molecule has 0 fully saturated rings. The molecule has 0 spiro atoms. The van der Waals surface area contributed by atoms with Crippen molar-refractivity contribution in [3.63, 3.8) is 0 Å². The SMILES string of the molecule is CCCc1csc(CCC(C)=O)n1.